The highest BCUT2D eigenvalue weighted by Crippen LogP contribution is 2.30. The van der Waals surface area contributed by atoms with Crippen molar-refractivity contribution in [2.75, 3.05) is 0 Å². The van der Waals surface area contributed by atoms with Gasteiger partial charge in [-0.05, 0) is 49.2 Å². The molecule has 34 heavy (non-hydrogen) atoms. The van der Waals surface area contributed by atoms with Crippen molar-refractivity contribution in [1.29, 1.82) is 0 Å². The van der Waals surface area contributed by atoms with Crippen LogP contribution in [0.2, 0.25) is 0 Å². The van der Waals surface area contributed by atoms with E-state index >= 15 is 0 Å². The van der Waals surface area contributed by atoms with Crippen LogP contribution in [0.25, 0.3) is 5.69 Å². The van der Waals surface area contributed by atoms with Crippen LogP contribution in [0.15, 0.2) is 94.5 Å². The van der Waals surface area contributed by atoms with Gasteiger partial charge in [0.25, 0.3) is 5.91 Å². The van der Waals surface area contributed by atoms with Gasteiger partial charge in [-0.2, -0.15) is 5.10 Å². The Morgan fingerprint density at radius 3 is 2.15 bits per heavy atom. The zero-order valence-corrected chi connectivity index (χ0v) is 20.3. The Bertz CT molecular complexity index is 1310. The molecule has 0 unspecified atom stereocenters. The average Bonchev–Trinajstić information content (AvgIpc) is 3.12. The number of hydrogen-bond acceptors (Lipinski definition) is 3. The average molecular weight is 520 g/mol. The van der Waals surface area contributed by atoms with Crippen LogP contribution in [0.5, 0.6) is 0 Å². The van der Waals surface area contributed by atoms with Crippen LogP contribution in [0.4, 0.5) is 4.39 Å². The van der Waals surface area contributed by atoms with Gasteiger partial charge in [0.1, 0.15) is 5.82 Å². The van der Waals surface area contributed by atoms with Crippen molar-refractivity contribution in [3.8, 4) is 5.69 Å². The number of aliphatic hydroxyl groups is 1. The van der Waals surface area contributed by atoms with E-state index in [1.807, 2.05) is 32.0 Å². The molecule has 1 aromatic heterocycles. The van der Waals surface area contributed by atoms with Gasteiger partial charge in [0.05, 0.1) is 11.9 Å². The zero-order chi connectivity index (χ0) is 24.3. The van der Waals surface area contributed by atoms with Gasteiger partial charge < -0.3 is 9.67 Å². The fourth-order valence-corrected chi connectivity index (χ4v) is 4.31. The molecule has 0 saturated heterocycles. The molecule has 7 heteroatoms. The van der Waals surface area contributed by atoms with Crippen molar-refractivity contribution >= 4 is 28.1 Å². The van der Waals surface area contributed by atoms with Gasteiger partial charge in [-0.3, -0.25) is 4.79 Å². The van der Waals surface area contributed by atoms with Crippen LogP contribution < -0.4 is 5.43 Å². The van der Waals surface area contributed by atoms with Crippen molar-refractivity contribution in [3.63, 3.8) is 0 Å². The number of amides is 1. The van der Waals surface area contributed by atoms with E-state index in [2.05, 4.69) is 26.5 Å². The van der Waals surface area contributed by atoms with Gasteiger partial charge in [-0.25, -0.2) is 9.82 Å². The molecule has 0 saturated carbocycles. The van der Waals surface area contributed by atoms with E-state index in [4.69, 9.17) is 0 Å². The normalized spacial score (nSPS) is 11.7. The molecular weight excluding hydrogens is 497 g/mol. The monoisotopic (exact) mass is 519 g/mol. The summed E-state index contributed by atoms with van der Waals surface area (Å²) in [6.45, 7) is 3.72. The molecule has 0 aliphatic rings. The number of hydrogen-bond donors (Lipinski definition) is 2. The van der Waals surface area contributed by atoms with Crippen molar-refractivity contribution in [2.24, 2.45) is 5.10 Å². The molecule has 0 atom stereocenters. The van der Waals surface area contributed by atoms with Crippen molar-refractivity contribution in [1.82, 2.24) is 9.99 Å². The summed E-state index contributed by atoms with van der Waals surface area (Å²) in [7, 11) is 0. The Morgan fingerprint density at radius 1 is 1.00 bits per heavy atom. The predicted molar refractivity (Wildman–Crippen MR) is 135 cm³/mol. The quantitative estimate of drug-likeness (QED) is 0.265. The second-order valence-corrected chi connectivity index (χ2v) is 8.81. The predicted octanol–water partition coefficient (Wildman–Crippen LogP) is 5.38. The largest absolute Gasteiger partial charge is 0.372 e. The summed E-state index contributed by atoms with van der Waals surface area (Å²) in [5.41, 5.74) is 4.12. The van der Waals surface area contributed by atoms with E-state index in [1.54, 1.807) is 65.2 Å². The van der Waals surface area contributed by atoms with Crippen LogP contribution in [0.1, 0.15) is 28.1 Å². The molecule has 4 aromatic rings. The van der Waals surface area contributed by atoms with Crippen LogP contribution in [0.3, 0.4) is 0 Å². The van der Waals surface area contributed by atoms with E-state index in [-0.39, 0.29) is 5.82 Å². The molecule has 0 aliphatic heterocycles. The minimum atomic E-state index is -1.92. The molecule has 172 valence electrons. The van der Waals surface area contributed by atoms with Crippen LogP contribution in [-0.4, -0.2) is 21.8 Å². The molecule has 4 rings (SSSR count). The lowest BCUT2D eigenvalue weighted by molar-refractivity contribution is -0.136. The first-order valence-corrected chi connectivity index (χ1v) is 11.4. The van der Waals surface area contributed by atoms with Crippen molar-refractivity contribution in [3.05, 3.63) is 123 Å². The Balaban J connectivity index is 1.62. The van der Waals surface area contributed by atoms with Gasteiger partial charge >= 0.3 is 0 Å². The highest BCUT2D eigenvalue weighted by molar-refractivity contribution is 9.10. The molecule has 0 bridgehead atoms. The van der Waals surface area contributed by atoms with E-state index < -0.39 is 11.5 Å². The summed E-state index contributed by atoms with van der Waals surface area (Å²) in [6, 6.07) is 24.2. The molecular formula is C27H23BrFN3O2. The van der Waals surface area contributed by atoms with Crippen molar-refractivity contribution in [2.45, 2.75) is 19.4 Å². The second kappa shape index (κ2) is 9.75. The Labute approximate surface area is 205 Å². The number of rotatable bonds is 6. The minimum absolute atomic E-state index is 0.358. The Morgan fingerprint density at radius 2 is 1.59 bits per heavy atom. The van der Waals surface area contributed by atoms with Crippen molar-refractivity contribution < 1.29 is 14.3 Å². The highest BCUT2D eigenvalue weighted by Gasteiger charge is 2.39. The van der Waals surface area contributed by atoms with E-state index in [0.717, 1.165) is 11.4 Å². The zero-order valence-electron chi connectivity index (χ0n) is 18.7. The number of nitrogens with zero attached hydrogens (tertiary/aromatic N) is 2. The molecule has 0 fully saturated rings. The molecule has 0 aliphatic carbocycles. The first-order chi connectivity index (χ1) is 16.3. The van der Waals surface area contributed by atoms with Gasteiger partial charge in [0.15, 0.2) is 5.60 Å². The van der Waals surface area contributed by atoms with Crippen LogP contribution in [-0.2, 0) is 10.4 Å². The SMILES string of the molecule is Cc1cc(C=NNC(=O)C(O)(c2ccccc2)c2ccccc2)c(C)n1-c1ccc(Br)cc1F. The van der Waals surface area contributed by atoms with Gasteiger partial charge in [-0.1, -0.05) is 76.6 Å². The Kier molecular flexibility index (Phi) is 6.77. The third-order valence-corrected chi connectivity index (χ3v) is 6.20. The van der Waals surface area contributed by atoms with Gasteiger partial charge in [0, 0.05) is 21.4 Å². The van der Waals surface area contributed by atoms with E-state index in [1.165, 1.54) is 12.3 Å². The number of carbonyl (C=O) groups is 1. The summed E-state index contributed by atoms with van der Waals surface area (Å²) in [5.74, 6) is -1.04. The summed E-state index contributed by atoms with van der Waals surface area (Å²) in [6.07, 6.45) is 1.49. The molecule has 2 N–H and O–H groups in total. The molecule has 0 radical (unpaired) electrons. The number of aryl methyl sites for hydroxylation is 1. The summed E-state index contributed by atoms with van der Waals surface area (Å²) < 4.78 is 17.0. The summed E-state index contributed by atoms with van der Waals surface area (Å²) in [4.78, 5) is 13.2. The fourth-order valence-electron chi connectivity index (χ4n) is 3.98. The number of hydrazone groups is 1. The summed E-state index contributed by atoms with van der Waals surface area (Å²) >= 11 is 3.28. The third-order valence-electron chi connectivity index (χ3n) is 5.70. The lowest BCUT2D eigenvalue weighted by atomic mass is 9.85. The maximum Gasteiger partial charge on any atom is 0.281 e. The lowest BCUT2D eigenvalue weighted by Gasteiger charge is -2.27. The van der Waals surface area contributed by atoms with E-state index in [9.17, 15) is 14.3 Å². The summed E-state index contributed by atoms with van der Waals surface area (Å²) in [5, 5.41) is 15.6. The topological polar surface area (TPSA) is 66.6 Å². The number of benzene rings is 3. The number of carbonyl (C=O) groups excluding carboxylic acids is 1. The highest BCUT2D eigenvalue weighted by atomic mass is 79.9. The maximum absolute atomic E-state index is 14.5. The number of nitrogens with one attached hydrogen (secondary N) is 1. The second-order valence-electron chi connectivity index (χ2n) is 7.90. The maximum atomic E-state index is 14.5. The lowest BCUT2D eigenvalue weighted by Crippen LogP contribution is -2.43. The van der Waals surface area contributed by atoms with Gasteiger partial charge in [-0.15, -0.1) is 0 Å². The minimum Gasteiger partial charge on any atom is -0.372 e. The first-order valence-electron chi connectivity index (χ1n) is 10.6. The van der Waals surface area contributed by atoms with Crippen LogP contribution >= 0.6 is 15.9 Å². The fraction of sp³-hybridized carbons (Fsp3) is 0.111. The first kappa shape index (κ1) is 23.6. The van der Waals surface area contributed by atoms with Crippen LogP contribution in [0, 0.1) is 19.7 Å². The molecule has 1 heterocycles. The number of halogens is 2. The smallest absolute Gasteiger partial charge is 0.281 e. The molecule has 5 nitrogen and oxygen atoms in total. The van der Waals surface area contributed by atoms with E-state index in [0.29, 0.717) is 26.9 Å². The third kappa shape index (κ3) is 4.44. The Hall–Kier alpha value is -3.55. The molecule has 1 amide bonds. The molecule has 3 aromatic carbocycles. The standard InChI is InChI=1S/C27H23BrFN3O2/c1-18-15-20(19(2)32(18)25-14-13-23(28)16-24(25)29)17-30-31-26(33)27(34,21-9-5-3-6-10-21)22-11-7-4-8-12-22/h3-17,34H,1-2H3,(H,31,33). The van der Waals surface area contributed by atoms with Gasteiger partial charge in [0.2, 0.25) is 0 Å². The number of aromatic nitrogens is 1. The molecule has 0 spiro atoms.